The lowest BCUT2D eigenvalue weighted by molar-refractivity contribution is 0.274. The second-order valence-electron chi connectivity index (χ2n) is 8.15. The number of methoxy groups -OCH3 is 2. The van der Waals surface area contributed by atoms with Gasteiger partial charge in [0.1, 0.15) is 11.4 Å². The van der Waals surface area contributed by atoms with Crippen LogP contribution in [0.3, 0.4) is 0 Å². The van der Waals surface area contributed by atoms with Crippen molar-refractivity contribution >= 4 is 23.6 Å². The van der Waals surface area contributed by atoms with Crippen molar-refractivity contribution in [2.75, 3.05) is 14.2 Å². The summed E-state index contributed by atoms with van der Waals surface area (Å²) < 4.78 is 16.6. The van der Waals surface area contributed by atoms with Crippen molar-refractivity contribution in [3.05, 3.63) is 94.8 Å². The zero-order chi connectivity index (χ0) is 25.5. The van der Waals surface area contributed by atoms with E-state index in [1.807, 2.05) is 56.5 Å². The molecule has 6 heteroatoms. The highest BCUT2D eigenvalue weighted by molar-refractivity contribution is 5.77. The van der Waals surface area contributed by atoms with Crippen molar-refractivity contribution in [2.45, 2.75) is 20.0 Å². The van der Waals surface area contributed by atoms with Gasteiger partial charge in [0, 0.05) is 0 Å². The molecular formula is C30H27N3O3. The number of aliphatic imine (C=N–C) groups is 1. The zero-order valence-electron chi connectivity index (χ0n) is 20.7. The maximum atomic E-state index is 6.14. The highest BCUT2D eigenvalue weighted by atomic mass is 16.5. The van der Waals surface area contributed by atoms with Crippen LogP contribution in [0.25, 0.3) is 11.6 Å². The molecular weight excluding hydrogens is 450 g/mol. The lowest BCUT2D eigenvalue weighted by Crippen LogP contribution is -2.12. The number of allylic oxidation sites excluding steroid dienone is 5. The molecule has 2 heterocycles. The number of hydrogen-bond donors (Lipinski definition) is 0. The Morgan fingerprint density at radius 2 is 1.75 bits per heavy atom. The number of nitrogens with zero attached hydrogens (tertiary/aromatic N) is 3. The van der Waals surface area contributed by atoms with E-state index in [2.05, 4.69) is 45.1 Å². The molecule has 1 atom stereocenters. The van der Waals surface area contributed by atoms with Crippen LogP contribution in [-0.2, 0) is 0 Å². The number of aryl methyl sites for hydroxylation is 1. The van der Waals surface area contributed by atoms with E-state index in [-0.39, 0.29) is 6.10 Å². The topological polar surface area (TPSA) is 65.8 Å². The number of benzene rings is 2. The summed E-state index contributed by atoms with van der Waals surface area (Å²) in [5, 5.41) is 0. The first-order chi connectivity index (χ1) is 17.5. The number of hydrogen-bond acceptors (Lipinski definition) is 6. The van der Waals surface area contributed by atoms with Crippen molar-refractivity contribution in [3.63, 3.8) is 0 Å². The number of terminal acetylenes is 1. The fourth-order valence-electron chi connectivity index (χ4n) is 3.57. The quantitative estimate of drug-likeness (QED) is 0.295. The molecule has 2 aromatic carbocycles. The number of rotatable bonds is 7. The third-order valence-corrected chi connectivity index (χ3v) is 5.60. The Morgan fingerprint density at radius 1 is 1.03 bits per heavy atom. The Morgan fingerprint density at radius 3 is 2.42 bits per heavy atom. The second-order valence-corrected chi connectivity index (χ2v) is 8.15. The second kappa shape index (κ2) is 11.2. The van der Waals surface area contributed by atoms with E-state index in [9.17, 15) is 0 Å². The summed E-state index contributed by atoms with van der Waals surface area (Å²) in [4.78, 5) is 13.2. The van der Waals surface area contributed by atoms with E-state index in [4.69, 9.17) is 20.6 Å². The average Bonchev–Trinajstić information content (AvgIpc) is 2.92. The summed E-state index contributed by atoms with van der Waals surface area (Å²) in [6.45, 7) is 4.03. The minimum absolute atomic E-state index is 0.205. The molecule has 3 aromatic rings. The van der Waals surface area contributed by atoms with Crippen molar-refractivity contribution in [2.24, 2.45) is 4.99 Å². The molecule has 0 radical (unpaired) electrons. The molecule has 1 unspecified atom stereocenters. The number of fused-ring (bicyclic) bond motifs is 1. The van der Waals surface area contributed by atoms with Gasteiger partial charge in [-0.25, -0.2) is 0 Å². The monoisotopic (exact) mass is 477 g/mol. The summed E-state index contributed by atoms with van der Waals surface area (Å²) in [6.07, 6.45) is 15.1. The minimum atomic E-state index is -0.205. The van der Waals surface area contributed by atoms with E-state index < -0.39 is 0 Å². The first-order valence-electron chi connectivity index (χ1n) is 11.4. The van der Waals surface area contributed by atoms with Gasteiger partial charge in [-0.15, -0.1) is 6.42 Å². The summed E-state index contributed by atoms with van der Waals surface area (Å²) >= 11 is 0. The molecule has 0 aliphatic carbocycles. The first-order valence-corrected chi connectivity index (χ1v) is 11.4. The predicted octanol–water partition coefficient (Wildman–Crippen LogP) is 6.31. The molecule has 1 aliphatic rings. The van der Waals surface area contributed by atoms with Gasteiger partial charge in [0.05, 0.1) is 32.1 Å². The Kier molecular flexibility index (Phi) is 7.62. The molecule has 0 saturated carbocycles. The molecule has 1 aromatic heterocycles. The fourth-order valence-corrected chi connectivity index (χ4v) is 3.57. The number of para-hydroxylation sites is 1. The fraction of sp³-hybridized carbons (Fsp3) is 0.167. The zero-order valence-corrected chi connectivity index (χ0v) is 20.7. The molecule has 4 rings (SSSR count). The van der Waals surface area contributed by atoms with Crippen LogP contribution in [0.1, 0.15) is 35.5 Å². The van der Waals surface area contributed by atoms with Crippen LogP contribution < -0.4 is 14.2 Å². The smallest absolute Gasteiger partial charge is 0.220 e. The molecule has 6 nitrogen and oxygen atoms in total. The standard InChI is InChI=1S/C30H27N3O3/c1-6-23(30-32-27(34-4)18-28(33-30)35-5)15-11-20(2)10-12-22-13-16-24(17-14-22)26-19-31-29-21(3)8-7-9-25(29)36-26/h1,7-19,26H,2-5H3/b12-10+,20-11+,23-15+. The highest BCUT2D eigenvalue weighted by Crippen LogP contribution is 2.37. The number of ether oxygens (including phenoxy) is 3. The maximum Gasteiger partial charge on any atom is 0.220 e. The van der Waals surface area contributed by atoms with Crippen LogP contribution in [0.2, 0.25) is 0 Å². The molecule has 1 aliphatic heterocycles. The molecule has 36 heavy (non-hydrogen) atoms. The van der Waals surface area contributed by atoms with Gasteiger partial charge in [-0.05, 0) is 42.7 Å². The van der Waals surface area contributed by atoms with Gasteiger partial charge in [0.25, 0.3) is 0 Å². The summed E-state index contributed by atoms with van der Waals surface area (Å²) in [7, 11) is 3.06. The lowest BCUT2D eigenvalue weighted by Gasteiger charge is -2.22. The SMILES string of the molecule is C#C\C(=C/C=C(C)/C=C/c1ccc(C2C=Nc3c(C)cccc3O2)cc1)c1nc(OC)cc(OC)n1. The van der Waals surface area contributed by atoms with Gasteiger partial charge in [-0.3, -0.25) is 4.99 Å². The number of aromatic nitrogens is 2. The van der Waals surface area contributed by atoms with Gasteiger partial charge >= 0.3 is 0 Å². The van der Waals surface area contributed by atoms with Crippen LogP contribution in [0, 0.1) is 19.3 Å². The maximum absolute atomic E-state index is 6.14. The summed E-state index contributed by atoms with van der Waals surface area (Å²) in [5.74, 6) is 4.57. The largest absolute Gasteiger partial charge is 0.481 e. The van der Waals surface area contributed by atoms with Crippen LogP contribution in [0.5, 0.6) is 17.5 Å². The third-order valence-electron chi connectivity index (χ3n) is 5.60. The molecule has 0 saturated heterocycles. The Balaban J connectivity index is 1.45. The van der Waals surface area contributed by atoms with E-state index in [1.54, 1.807) is 12.1 Å². The average molecular weight is 478 g/mol. The van der Waals surface area contributed by atoms with Crippen molar-refractivity contribution in [1.82, 2.24) is 9.97 Å². The van der Waals surface area contributed by atoms with Gasteiger partial charge in [0.15, 0.2) is 11.9 Å². The van der Waals surface area contributed by atoms with Gasteiger partial charge in [-0.2, -0.15) is 9.97 Å². The molecule has 180 valence electrons. The van der Waals surface area contributed by atoms with Crippen LogP contribution >= 0.6 is 0 Å². The van der Waals surface area contributed by atoms with E-state index in [1.165, 1.54) is 14.2 Å². The highest BCUT2D eigenvalue weighted by Gasteiger charge is 2.18. The third kappa shape index (κ3) is 5.70. The van der Waals surface area contributed by atoms with Gasteiger partial charge < -0.3 is 14.2 Å². The van der Waals surface area contributed by atoms with E-state index in [0.717, 1.165) is 33.7 Å². The van der Waals surface area contributed by atoms with Crippen LogP contribution in [0.15, 0.2) is 77.3 Å². The molecule has 0 fully saturated rings. The molecule has 0 bridgehead atoms. The van der Waals surface area contributed by atoms with Gasteiger partial charge in [-0.1, -0.05) is 66.1 Å². The lowest BCUT2D eigenvalue weighted by atomic mass is 10.1. The first kappa shape index (κ1) is 24.5. The summed E-state index contributed by atoms with van der Waals surface area (Å²) in [5.41, 5.74) is 5.65. The Labute approximate surface area is 211 Å². The van der Waals surface area contributed by atoms with E-state index >= 15 is 0 Å². The van der Waals surface area contributed by atoms with Crippen LogP contribution in [-0.4, -0.2) is 30.4 Å². The normalized spacial score (nSPS) is 15.2. The summed E-state index contributed by atoms with van der Waals surface area (Å²) in [6, 6.07) is 15.8. The van der Waals surface area contributed by atoms with Crippen molar-refractivity contribution < 1.29 is 14.2 Å². The van der Waals surface area contributed by atoms with E-state index in [0.29, 0.717) is 23.2 Å². The predicted molar refractivity (Wildman–Crippen MR) is 144 cm³/mol. The van der Waals surface area contributed by atoms with Crippen molar-refractivity contribution in [1.29, 1.82) is 0 Å². The van der Waals surface area contributed by atoms with Crippen LogP contribution in [0.4, 0.5) is 5.69 Å². The molecule has 0 N–H and O–H groups in total. The Hall–Kier alpha value is -4.63. The Bertz CT molecular complexity index is 1390. The van der Waals surface area contributed by atoms with Gasteiger partial charge in [0.2, 0.25) is 11.8 Å². The minimum Gasteiger partial charge on any atom is -0.481 e. The molecule has 0 amide bonds. The van der Waals surface area contributed by atoms with Crippen molar-refractivity contribution in [3.8, 4) is 29.9 Å². The molecule has 0 spiro atoms.